The molecular weight excluding hydrogens is 368 g/mol. The van der Waals surface area contributed by atoms with Gasteiger partial charge in [0.1, 0.15) is 4.32 Å². The lowest BCUT2D eigenvalue weighted by Crippen LogP contribution is -2.30. The number of nitrogens with one attached hydrogen (secondary N) is 1. The zero-order valence-electron chi connectivity index (χ0n) is 12.0. The number of amides is 1. The first-order chi connectivity index (χ1) is 10.1. The molecule has 1 fully saturated rings. The summed E-state index contributed by atoms with van der Waals surface area (Å²) in [5.74, 6) is 0.410. The maximum absolute atomic E-state index is 12.0. The van der Waals surface area contributed by atoms with Crippen molar-refractivity contribution in [1.29, 1.82) is 0 Å². The molecule has 21 heavy (non-hydrogen) atoms. The molecule has 1 N–H and O–H groups in total. The molecule has 1 aliphatic heterocycles. The zero-order chi connectivity index (χ0) is 15.2. The molecule has 1 amide bonds. The van der Waals surface area contributed by atoms with Crippen LogP contribution in [-0.4, -0.2) is 34.0 Å². The van der Waals surface area contributed by atoms with Gasteiger partial charge in [-0.1, -0.05) is 52.0 Å². The predicted molar refractivity (Wildman–Crippen MR) is 96.6 cm³/mol. The van der Waals surface area contributed by atoms with Crippen LogP contribution in [0.1, 0.15) is 31.4 Å². The summed E-state index contributed by atoms with van der Waals surface area (Å²) < 4.78 is 1.88. The van der Waals surface area contributed by atoms with Gasteiger partial charge in [0.2, 0.25) is 5.91 Å². The lowest BCUT2D eigenvalue weighted by Gasteiger charge is -2.18. The minimum Gasteiger partial charge on any atom is -0.358 e. The molecule has 1 saturated heterocycles. The highest BCUT2D eigenvalue weighted by atomic mass is 79.9. The van der Waals surface area contributed by atoms with Gasteiger partial charge in [0.05, 0.1) is 11.8 Å². The van der Waals surface area contributed by atoms with Crippen molar-refractivity contribution in [3.8, 4) is 0 Å². The van der Waals surface area contributed by atoms with E-state index in [1.165, 1.54) is 24.6 Å². The second-order valence-corrected chi connectivity index (χ2v) is 7.61. The Balaban J connectivity index is 1.75. The molecule has 3 nitrogen and oxygen atoms in total. The SMILES string of the molecule is C[C@H](NC(=O)CSC(=S)N1CCCC1)c1ccc(Br)cc1. The van der Waals surface area contributed by atoms with Crippen molar-refractivity contribution in [1.82, 2.24) is 10.2 Å². The number of thioether (sulfide) groups is 1. The monoisotopic (exact) mass is 386 g/mol. The first kappa shape index (κ1) is 16.8. The van der Waals surface area contributed by atoms with Crippen molar-refractivity contribution in [3.05, 3.63) is 34.3 Å². The minimum atomic E-state index is 0.00607. The Kier molecular flexibility index (Phi) is 6.51. The van der Waals surface area contributed by atoms with Gasteiger partial charge in [-0.05, 0) is 37.5 Å². The topological polar surface area (TPSA) is 32.3 Å². The molecule has 1 atom stereocenters. The Hall–Kier alpha value is -0.590. The van der Waals surface area contributed by atoms with Crippen LogP contribution in [0, 0.1) is 0 Å². The van der Waals surface area contributed by atoms with E-state index in [2.05, 4.69) is 26.1 Å². The van der Waals surface area contributed by atoms with E-state index in [1.807, 2.05) is 31.2 Å². The van der Waals surface area contributed by atoms with Crippen molar-refractivity contribution >= 4 is 50.1 Å². The molecule has 0 spiro atoms. The molecule has 0 bridgehead atoms. The summed E-state index contributed by atoms with van der Waals surface area (Å²) in [5.41, 5.74) is 1.10. The number of hydrogen-bond donors (Lipinski definition) is 1. The fourth-order valence-corrected chi connectivity index (χ4v) is 3.56. The summed E-state index contributed by atoms with van der Waals surface area (Å²) >= 11 is 10.2. The van der Waals surface area contributed by atoms with Crippen LogP contribution in [-0.2, 0) is 4.79 Å². The molecule has 2 rings (SSSR count). The molecule has 0 unspecified atom stereocenters. The summed E-state index contributed by atoms with van der Waals surface area (Å²) in [6, 6.07) is 7.99. The maximum atomic E-state index is 12.0. The van der Waals surface area contributed by atoms with Crippen LogP contribution in [0.15, 0.2) is 28.7 Å². The minimum absolute atomic E-state index is 0.00607. The number of benzene rings is 1. The van der Waals surface area contributed by atoms with Gasteiger partial charge < -0.3 is 10.2 Å². The Labute approximate surface area is 144 Å². The third-order valence-corrected chi connectivity index (χ3v) is 5.49. The molecule has 114 valence electrons. The lowest BCUT2D eigenvalue weighted by atomic mass is 10.1. The number of nitrogens with zero attached hydrogens (tertiary/aromatic N) is 1. The molecule has 1 aromatic carbocycles. The Morgan fingerprint density at radius 2 is 2.00 bits per heavy atom. The number of thiocarbonyl (C=S) groups is 1. The van der Waals surface area contributed by atoms with E-state index in [0.29, 0.717) is 5.75 Å². The van der Waals surface area contributed by atoms with E-state index in [1.54, 1.807) is 0 Å². The fraction of sp³-hybridized carbons (Fsp3) is 0.467. The maximum Gasteiger partial charge on any atom is 0.230 e. The van der Waals surface area contributed by atoms with Gasteiger partial charge in [-0.2, -0.15) is 0 Å². The molecule has 1 heterocycles. The molecular formula is C15H19BrN2OS2. The largest absolute Gasteiger partial charge is 0.358 e. The summed E-state index contributed by atoms with van der Waals surface area (Å²) in [7, 11) is 0. The second kappa shape index (κ2) is 8.15. The number of carbonyl (C=O) groups is 1. The van der Waals surface area contributed by atoms with Crippen molar-refractivity contribution in [2.45, 2.75) is 25.8 Å². The van der Waals surface area contributed by atoms with E-state index in [-0.39, 0.29) is 11.9 Å². The van der Waals surface area contributed by atoms with Gasteiger partial charge in [0, 0.05) is 17.6 Å². The van der Waals surface area contributed by atoms with Crippen molar-refractivity contribution in [3.63, 3.8) is 0 Å². The van der Waals surface area contributed by atoms with E-state index in [0.717, 1.165) is 27.4 Å². The number of halogens is 1. The quantitative estimate of drug-likeness (QED) is 0.798. The summed E-state index contributed by atoms with van der Waals surface area (Å²) in [6.45, 7) is 4.05. The molecule has 1 aliphatic rings. The summed E-state index contributed by atoms with van der Waals surface area (Å²) in [6.07, 6.45) is 2.40. The smallest absolute Gasteiger partial charge is 0.230 e. The Morgan fingerprint density at radius 3 is 2.62 bits per heavy atom. The molecule has 0 radical (unpaired) electrons. The average molecular weight is 387 g/mol. The van der Waals surface area contributed by atoms with E-state index >= 15 is 0 Å². The third kappa shape index (κ3) is 5.27. The summed E-state index contributed by atoms with van der Waals surface area (Å²) in [4.78, 5) is 14.2. The van der Waals surface area contributed by atoms with Crippen LogP contribution < -0.4 is 5.32 Å². The lowest BCUT2D eigenvalue weighted by molar-refractivity contribution is -0.119. The van der Waals surface area contributed by atoms with E-state index in [9.17, 15) is 4.79 Å². The average Bonchev–Trinajstić information content (AvgIpc) is 2.99. The van der Waals surface area contributed by atoms with Crippen molar-refractivity contribution in [2.75, 3.05) is 18.8 Å². The highest BCUT2D eigenvalue weighted by Gasteiger charge is 2.17. The van der Waals surface area contributed by atoms with E-state index < -0.39 is 0 Å². The molecule has 0 aliphatic carbocycles. The van der Waals surface area contributed by atoms with Crippen molar-refractivity contribution < 1.29 is 4.79 Å². The highest BCUT2D eigenvalue weighted by Crippen LogP contribution is 2.18. The fourth-order valence-electron chi connectivity index (χ4n) is 2.24. The van der Waals surface area contributed by atoms with Gasteiger partial charge in [0.15, 0.2) is 0 Å². The number of carbonyl (C=O) groups excluding carboxylic acids is 1. The van der Waals surface area contributed by atoms with Crippen LogP contribution in [0.5, 0.6) is 0 Å². The first-order valence-electron chi connectivity index (χ1n) is 7.03. The van der Waals surface area contributed by atoms with Crippen LogP contribution in [0.3, 0.4) is 0 Å². The molecule has 0 aromatic heterocycles. The third-order valence-electron chi connectivity index (χ3n) is 3.44. The van der Waals surface area contributed by atoms with Crippen LogP contribution in [0.4, 0.5) is 0 Å². The molecule has 0 saturated carbocycles. The Bertz CT molecular complexity index is 501. The zero-order valence-corrected chi connectivity index (χ0v) is 15.2. The van der Waals surface area contributed by atoms with Gasteiger partial charge >= 0.3 is 0 Å². The number of hydrogen-bond acceptors (Lipinski definition) is 3. The number of likely N-dealkylation sites (tertiary alicyclic amines) is 1. The van der Waals surface area contributed by atoms with Gasteiger partial charge in [-0.25, -0.2) is 0 Å². The summed E-state index contributed by atoms with van der Waals surface area (Å²) in [5, 5.41) is 3.01. The predicted octanol–water partition coefficient (Wildman–Crippen LogP) is 3.74. The van der Waals surface area contributed by atoms with Gasteiger partial charge in [0.25, 0.3) is 0 Å². The second-order valence-electron chi connectivity index (χ2n) is 5.09. The van der Waals surface area contributed by atoms with Crippen LogP contribution in [0.2, 0.25) is 0 Å². The van der Waals surface area contributed by atoms with Crippen LogP contribution >= 0.6 is 39.9 Å². The first-order valence-corrected chi connectivity index (χ1v) is 9.21. The number of rotatable bonds is 4. The van der Waals surface area contributed by atoms with Gasteiger partial charge in [-0.15, -0.1) is 0 Å². The Morgan fingerprint density at radius 1 is 1.38 bits per heavy atom. The standard InChI is InChI=1S/C15H19BrN2OS2/c1-11(12-4-6-13(16)7-5-12)17-14(19)10-21-15(20)18-8-2-3-9-18/h4-7,11H,2-3,8-10H2,1H3,(H,17,19)/t11-/m0/s1. The van der Waals surface area contributed by atoms with Gasteiger partial charge in [-0.3, -0.25) is 4.79 Å². The van der Waals surface area contributed by atoms with Crippen molar-refractivity contribution in [2.24, 2.45) is 0 Å². The molecule has 6 heteroatoms. The molecule has 1 aromatic rings. The highest BCUT2D eigenvalue weighted by molar-refractivity contribution is 9.10. The van der Waals surface area contributed by atoms with E-state index in [4.69, 9.17) is 12.2 Å². The van der Waals surface area contributed by atoms with Crippen LogP contribution in [0.25, 0.3) is 0 Å². The normalized spacial score (nSPS) is 15.8.